The number of β-amino-alcohol motifs (C(OH)–C–C–N with tert-alkyl or cyclic N) is 1. The first-order valence-electron chi connectivity index (χ1n) is 2.96. The molecule has 0 aromatic heterocycles. The van der Waals surface area contributed by atoms with Crippen LogP contribution in [0.3, 0.4) is 0 Å². The van der Waals surface area contributed by atoms with E-state index in [0.29, 0.717) is 6.54 Å². The van der Waals surface area contributed by atoms with Gasteiger partial charge in [0.25, 0.3) is 0 Å². The van der Waals surface area contributed by atoms with Crippen LogP contribution >= 0.6 is 12.4 Å². The third-order valence-corrected chi connectivity index (χ3v) is 1.59. The van der Waals surface area contributed by atoms with E-state index in [0.717, 1.165) is 0 Å². The van der Waals surface area contributed by atoms with Crippen LogP contribution in [0.4, 0.5) is 0 Å². The number of nitrogens with one attached hydrogen (secondary N) is 1. The summed E-state index contributed by atoms with van der Waals surface area (Å²) in [5.74, 6) is 0. The van der Waals surface area contributed by atoms with Crippen molar-refractivity contribution in [1.29, 1.82) is 0 Å². The lowest BCUT2D eigenvalue weighted by molar-refractivity contribution is 0.0295. The van der Waals surface area contributed by atoms with Gasteiger partial charge >= 0.3 is 0 Å². The van der Waals surface area contributed by atoms with E-state index in [9.17, 15) is 0 Å². The average molecular weight is 170 g/mol. The van der Waals surface area contributed by atoms with Crippen LogP contribution in [0.25, 0.3) is 0 Å². The first kappa shape index (κ1) is 10.1. The molecule has 62 valence electrons. The third-order valence-electron chi connectivity index (χ3n) is 1.59. The van der Waals surface area contributed by atoms with Gasteiger partial charge in [0.05, 0.1) is 24.9 Å². The summed E-state index contributed by atoms with van der Waals surface area (Å²) in [6.07, 6.45) is -1.53. The van der Waals surface area contributed by atoms with Crippen molar-refractivity contribution in [2.24, 2.45) is 0 Å². The molecule has 0 aliphatic carbocycles. The lowest BCUT2D eigenvalue weighted by Gasteiger charge is -2.11. The summed E-state index contributed by atoms with van der Waals surface area (Å²) < 4.78 is 0. The zero-order chi connectivity index (χ0) is 6.85. The van der Waals surface area contributed by atoms with Gasteiger partial charge in [0.1, 0.15) is 0 Å². The maximum Gasteiger partial charge on any atom is 0.0986 e. The smallest absolute Gasteiger partial charge is 0.0986 e. The Kier molecular flexibility index (Phi) is 4.15. The zero-order valence-electron chi connectivity index (χ0n) is 5.40. The highest BCUT2D eigenvalue weighted by molar-refractivity contribution is 5.85. The summed E-state index contributed by atoms with van der Waals surface area (Å²) in [6, 6.07) is -0.347. The van der Waals surface area contributed by atoms with Crippen LogP contribution in [-0.2, 0) is 0 Å². The van der Waals surface area contributed by atoms with Crippen LogP contribution < -0.4 is 5.32 Å². The molecular weight excluding hydrogens is 158 g/mol. The minimum absolute atomic E-state index is 0. The summed E-state index contributed by atoms with van der Waals surface area (Å²) in [7, 11) is 0. The Morgan fingerprint density at radius 1 is 1.40 bits per heavy atom. The van der Waals surface area contributed by atoms with Gasteiger partial charge in [0.15, 0.2) is 0 Å². The summed E-state index contributed by atoms with van der Waals surface area (Å²) in [5.41, 5.74) is 0. The fourth-order valence-electron chi connectivity index (χ4n) is 0.954. The molecule has 10 heavy (non-hydrogen) atoms. The van der Waals surface area contributed by atoms with Crippen molar-refractivity contribution in [2.45, 2.75) is 18.2 Å². The molecule has 3 atom stereocenters. The fraction of sp³-hybridized carbons (Fsp3) is 1.00. The molecular formula is C5H12ClNO3. The Hall–Kier alpha value is 0.130. The Balaban J connectivity index is 0.000000810. The standard InChI is InChI=1S/C5H11NO3.ClH/c7-2-3-5(9)4(8)1-6-3;/h3-9H,1-2H2;1H. The lowest BCUT2D eigenvalue weighted by Crippen LogP contribution is -2.35. The Labute approximate surface area is 65.3 Å². The van der Waals surface area contributed by atoms with Crippen molar-refractivity contribution in [2.75, 3.05) is 13.2 Å². The summed E-state index contributed by atoms with van der Waals surface area (Å²) >= 11 is 0. The average Bonchev–Trinajstić information content (AvgIpc) is 2.15. The highest BCUT2D eigenvalue weighted by Gasteiger charge is 2.31. The van der Waals surface area contributed by atoms with Crippen molar-refractivity contribution < 1.29 is 15.3 Å². The maximum atomic E-state index is 8.98. The van der Waals surface area contributed by atoms with Crippen LogP contribution in [0.15, 0.2) is 0 Å². The third kappa shape index (κ3) is 1.81. The first-order valence-corrected chi connectivity index (χ1v) is 2.96. The molecule has 3 unspecified atom stereocenters. The normalized spacial score (nSPS) is 39.3. The summed E-state index contributed by atoms with van der Waals surface area (Å²) in [6.45, 7) is 0.241. The van der Waals surface area contributed by atoms with Gasteiger partial charge < -0.3 is 20.6 Å². The number of aliphatic hydroxyl groups is 3. The molecule has 1 aliphatic rings. The number of halogens is 1. The Bertz CT molecular complexity index is 103. The minimum Gasteiger partial charge on any atom is -0.395 e. The highest BCUT2D eigenvalue weighted by Crippen LogP contribution is 2.05. The minimum atomic E-state index is -0.810. The first-order chi connectivity index (χ1) is 4.25. The van der Waals surface area contributed by atoms with E-state index in [-0.39, 0.29) is 25.1 Å². The Morgan fingerprint density at radius 3 is 2.20 bits per heavy atom. The largest absolute Gasteiger partial charge is 0.395 e. The van der Waals surface area contributed by atoms with Crippen molar-refractivity contribution in [1.82, 2.24) is 5.32 Å². The van der Waals surface area contributed by atoms with Crippen LogP contribution in [0.5, 0.6) is 0 Å². The molecule has 0 bridgehead atoms. The van der Waals surface area contributed by atoms with Gasteiger partial charge in [-0.1, -0.05) is 0 Å². The monoisotopic (exact) mass is 169 g/mol. The molecule has 4 N–H and O–H groups in total. The van der Waals surface area contributed by atoms with Crippen LogP contribution in [0.1, 0.15) is 0 Å². The van der Waals surface area contributed by atoms with Crippen LogP contribution in [-0.4, -0.2) is 46.7 Å². The Morgan fingerprint density at radius 2 is 2.00 bits per heavy atom. The van der Waals surface area contributed by atoms with E-state index < -0.39 is 12.2 Å². The van der Waals surface area contributed by atoms with Crippen LogP contribution in [0, 0.1) is 0 Å². The van der Waals surface area contributed by atoms with Crippen LogP contribution in [0.2, 0.25) is 0 Å². The van der Waals surface area contributed by atoms with Crippen molar-refractivity contribution in [3.8, 4) is 0 Å². The number of hydrogen-bond acceptors (Lipinski definition) is 4. The molecule has 1 fully saturated rings. The predicted molar refractivity (Wildman–Crippen MR) is 38.1 cm³/mol. The molecule has 1 heterocycles. The highest BCUT2D eigenvalue weighted by atomic mass is 35.5. The van der Waals surface area contributed by atoms with E-state index in [4.69, 9.17) is 15.3 Å². The molecule has 0 amide bonds. The number of aliphatic hydroxyl groups excluding tert-OH is 3. The van der Waals surface area contributed by atoms with Crippen molar-refractivity contribution >= 4 is 12.4 Å². The molecule has 0 aromatic rings. The summed E-state index contributed by atoms with van der Waals surface area (Å²) in [5, 5.41) is 29.1. The molecule has 1 rings (SSSR count). The molecule has 0 aromatic carbocycles. The van der Waals surface area contributed by atoms with Crippen molar-refractivity contribution in [3.05, 3.63) is 0 Å². The van der Waals surface area contributed by atoms with E-state index in [1.165, 1.54) is 0 Å². The van der Waals surface area contributed by atoms with E-state index >= 15 is 0 Å². The lowest BCUT2D eigenvalue weighted by atomic mass is 10.1. The van der Waals surface area contributed by atoms with Crippen molar-refractivity contribution in [3.63, 3.8) is 0 Å². The quantitative estimate of drug-likeness (QED) is 0.370. The van der Waals surface area contributed by atoms with Gasteiger partial charge in [-0.15, -0.1) is 12.4 Å². The molecule has 0 spiro atoms. The number of hydrogen-bond donors (Lipinski definition) is 4. The number of rotatable bonds is 1. The second kappa shape index (κ2) is 4.10. The van der Waals surface area contributed by atoms with Gasteiger partial charge in [0, 0.05) is 6.54 Å². The van der Waals surface area contributed by atoms with Gasteiger partial charge in [0.2, 0.25) is 0 Å². The van der Waals surface area contributed by atoms with Gasteiger partial charge in [-0.05, 0) is 0 Å². The molecule has 0 radical (unpaired) electrons. The van der Waals surface area contributed by atoms with E-state index in [2.05, 4.69) is 5.32 Å². The van der Waals surface area contributed by atoms with E-state index in [1.807, 2.05) is 0 Å². The molecule has 4 nitrogen and oxygen atoms in total. The summed E-state index contributed by atoms with van der Waals surface area (Å²) in [4.78, 5) is 0. The van der Waals surface area contributed by atoms with Gasteiger partial charge in [-0.3, -0.25) is 0 Å². The fourth-order valence-corrected chi connectivity index (χ4v) is 0.954. The SMILES string of the molecule is Cl.OCC1NCC(O)C1O. The predicted octanol–water partition coefficient (Wildman–Crippen LogP) is -1.91. The molecule has 1 aliphatic heterocycles. The van der Waals surface area contributed by atoms with E-state index in [1.54, 1.807) is 0 Å². The van der Waals surface area contributed by atoms with Gasteiger partial charge in [-0.2, -0.15) is 0 Å². The zero-order valence-corrected chi connectivity index (χ0v) is 6.21. The molecule has 0 saturated carbocycles. The topological polar surface area (TPSA) is 72.7 Å². The molecule has 1 saturated heterocycles. The maximum absolute atomic E-state index is 8.98. The second-order valence-corrected chi connectivity index (χ2v) is 2.26. The molecule has 5 heteroatoms. The second-order valence-electron chi connectivity index (χ2n) is 2.26. The van der Waals surface area contributed by atoms with Gasteiger partial charge in [-0.25, -0.2) is 0 Å².